The molecule has 2 amide bonds. The third-order valence-electron chi connectivity index (χ3n) is 3.99. The molecule has 0 aliphatic carbocycles. The van der Waals surface area contributed by atoms with Crippen molar-refractivity contribution in [3.63, 3.8) is 0 Å². The Balaban J connectivity index is 1.74. The molecule has 1 aliphatic rings. The topological polar surface area (TPSA) is 102 Å². The van der Waals surface area contributed by atoms with Gasteiger partial charge in [0, 0.05) is 13.0 Å². The van der Waals surface area contributed by atoms with Gasteiger partial charge in [-0.15, -0.1) is 0 Å². The van der Waals surface area contributed by atoms with Crippen LogP contribution in [-0.4, -0.2) is 39.2 Å². The van der Waals surface area contributed by atoms with Gasteiger partial charge in [0.1, 0.15) is 0 Å². The summed E-state index contributed by atoms with van der Waals surface area (Å²) in [6, 6.07) is 9.36. The monoisotopic (exact) mass is 368 g/mol. The second kappa shape index (κ2) is 8.07. The number of rotatable bonds is 9. The maximum absolute atomic E-state index is 12.3. The van der Waals surface area contributed by atoms with Gasteiger partial charge in [0.25, 0.3) is 0 Å². The predicted octanol–water partition coefficient (Wildman–Crippen LogP) is 0.911. The molecular weight excluding hydrogens is 344 g/mol. The van der Waals surface area contributed by atoms with Gasteiger partial charge in [-0.1, -0.05) is 30.3 Å². The first-order valence-electron chi connectivity index (χ1n) is 8.18. The van der Waals surface area contributed by atoms with Gasteiger partial charge in [0.2, 0.25) is 21.8 Å². The van der Waals surface area contributed by atoms with Crippen LogP contribution in [0.15, 0.2) is 30.3 Å². The van der Waals surface area contributed by atoms with E-state index in [4.69, 9.17) is 4.74 Å². The lowest BCUT2D eigenvalue weighted by molar-refractivity contribution is -0.126. The highest BCUT2D eigenvalue weighted by Gasteiger charge is 2.30. The summed E-state index contributed by atoms with van der Waals surface area (Å²) in [5, 5.41) is 2.21. The molecule has 0 bridgehead atoms. The smallest absolute Gasteiger partial charge is 0.232 e. The van der Waals surface area contributed by atoms with E-state index in [1.165, 1.54) is 0 Å². The van der Waals surface area contributed by atoms with E-state index in [9.17, 15) is 18.0 Å². The summed E-state index contributed by atoms with van der Waals surface area (Å²) in [4.78, 5) is 22.4. The van der Waals surface area contributed by atoms with Crippen LogP contribution in [0.4, 0.5) is 0 Å². The third-order valence-corrected chi connectivity index (χ3v) is 5.64. The zero-order chi connectivity index (χ0) is 18.5. The van der Waals surface area contributed by atoms with Crippen molar-refractivity contribution in [1.29, 1.82) is 0 Å². The number of imide groups is 1. The number of carbonyl (C=O) groups excluding carboxylic acids is 2. The number of nitrogens with one attached hydrogen (secondary N) is 2. The molecule has 1 atom stereocenters. The first kappa shape index (κ1) is 19.6. The average molecular weight is 368 g/mol. The van der Waals surface area contributed by atoms with E-state index in [0.29, 0.717) is 6.42 Å². The Morgan fingerprint density at radius 1 is 1.24 bits per heavy atom. The van der Waals surface area contributed by atoms with E-state index in [1.807, 2.05) is 44.2 Å². The molecule has 2 N–H and O–H groups in total. The maximum atomic E-state index is 12.3. The van der Waals surface area contributed by atoms with Gasteiger partial charge in [0.15, 0.2) is 0 Å². The zero-order valence-electron chi connectivity index (χ0n) is 14.4. The molecule has 1 aromatic rings. The van der Waals surface area contributed by atoms with Crippen LogP contribution in [0.5, 0.6) is 0 Å². The highest BCUT2D eigenvalue weighted by molar-refractivity contribution is 7.89. The van der Waals surface area contributed by atoms with E-state index in [-0.39, 0.29) is 37.2 Å². The average Bonchev–Trinajstić information content (AvgIpc) is 2.84. The quantitative estimate of drug-likeness (QED) is 0.498. The number of hydrogen-bond acceptors (Lipinski definition) is 5. The largest absolute Gasteiger partial charge is 0.381 e. The lowest BCUT2D eigenvalue weighted by Gasteiger charge is -2.26. The minimum absolute atomic E-state index is 0.0704. The molecule has 1 unspecified atom stereocenters. The second-order valence-electron chi connectivity index (χ2n) is 6.65. The van der Waals surface area contributed by atoms with Gasteiger partial charge < -0.3 is 4.74 Å². The van der Waals surface area contributed by atoms with E-state index in [0.717, 1.165) is 5.56 Å². The highest BCUT2D eigenvalue weighted by Crippen LogP contribution is 2.20. The maximum Gasteiger partial charge on any atom is 0.232 e. The molecule has 2 rings (SSSR count). The van der Waals surface area contributed by atoms with Gasteiger partial charge in [-0.3, -0.25) is 14.9 Å². The number of carbonyl (C=O) groups is 2. The fourth-order valence-corrected chi connectivity index (χ4v) is 4.17. The minimum Gasteiger partial charge on any atom is -0.381 e. The fourth-order valence-electron chi connectivity index (χ4n) is 2.67. The number of amides is 2. The summed E-state index contributed by atoms with van der Waals surface area (Å²) in [7, 11) is -3.47. The molecule has 0 spiro atoms. The van der Waals surface area contributed by atoms with Crippen LogP contribution >= 0.6 is 0 Å². The Bertz CT molecular complexity index is 716. The summed E-state index contributed by atoms with van der Waals surface area (Å²) in [6.45, 7) is 3.96. The van der Waals surface area contributed by atoms with Gasteiger partial charge in [-0.2, -0.15) is 0 Å². The molecule has 0 aromatic heterocycles. The Morgan fingerprint density at radius 3 is 2.52 bits per heavy atom. The number of sulfonamides is 1. The Labute approximate surface area is 148 Å². The van der Waals surface area contributed by atoms with Crippen molar-refractivity contribution in [3.05, 3.63) is 35.9 Å². The normalized spacial score (nSPS) is 18.4. The van der Waals surface area contributed by atoms with Gasteiger partial charge in [-0.05, 0) is 25.8 Å². The van der Waals surface area contributed by atoms with Crippen LogP contribution in [-0.2, 0) is 29.9 Å². The first-order valence-corrected chi connectivity index (χ1v) is 9.83. The predicted molar refractivity (Wildman–Crippen MR) is 93.1 cm³/mol. The number of ether oxygens (including phenoxy) is 1. The molecule has 25 heavy (non-hydrogen) atoms. The molecule has 138 valence electrons. The summed E-state index contributed by atoms with van der Waals surface area (Å²) >= 11 is 0. The molecular formula is C17H24N2O5S. The molecule has 0 saturated carbocycles. The summed E-state index contributed by atoms with van der Waals surface area (Å²) in [5.74, 6) is -1.17. The molecule has 1 fully saturated rings. The molecule has 0 radical (unpaired) electrons. The standard InChI is InChI=1S/C17H24N2O5S/c1-17(2,14-7-4-3-5-8-14)19-25(22,23)10-6-9-24-12-13-11-15(20)18-16(13)21/h3-5,7-8,13,19H,6,9-12H2,1-2H3,(H,18,20,21). The van der Waals surface area contributed by atoms with Crippen molar-refractivity contribution < 1.29 is 22.7 Å². The van der Waals surface area contributed by atoms with Gasteiger partial charge in [-0.25, -0.2) is 13.1 Å². The van der Waals surface area contributed by atoms with Gasteiger partial charge in [0.05, 0.1) is 23.8 Å². The van der Waals surface area contributed by atoms with E-state index < -0.39 is 21.5 Å². The summed E-state index contributed by atoms with van der Waals surface area (Å²) in [6.07, 6.45) is 0.437. The minimum atomic E-state index is -3.47. The molecule has 7 nitrogen and oxygen atoms in total. The van der Waals surface area contributed by atoms with Crippen molar-refractivity contribution in [1.82, 2.24) is 10.0 Å². The van der Waals surface area contributed by atoms with Crippen molar-refractivity contribution in [2.75, 3.05) is 19.0 Å². The zero-order valence-corrected chi connectivity index (χ0v) is 15.3. The SMILES string of the molecule is CC(C)(NS(=O)(=O)CCCOCC1CC(=O)NC1=O)c1ccccc1. The first-order chi connectivity index (χ1) is 11.7. The van der Waals surface area contributed by atoms with Crippen molar-refractivity contribution in [2.24, 2.45) is 5.92 Å². The fraction of sp³-hybridized carbons (Fsp3) is 0.529. The van der Waals surface area contributed by atoms with Crippen LogP contribution in [0, 0.1) is 5.92 Å². The molecule has 8 heteroatoms. The second-order valence-corrected chi connectivity index (χ2v) is 8.50. The molecule has 1 aliphatic heterocycles. The van der Waals surface area contributed by atoms with Crippen LogP contribution in [0.3, 0.4) is 0 Å². The highest BCUT2D eigenvalue weighted by atomic mass is 32.2. The van der Waals surface area contributed by atoms with E-state index in [2.05, 4.69) is 10.0 Å². The molecule has 1 heterocycles. The molecule has 1 saturated heterocycles. The van der Waals surface area contributed by atoms with Gasteiger partial charge >= 0.3 is 0 Å². The lowest BCUT2D eigenvalue weighted by Crippen LogP contribution is -2.42. The summed E-state index contributed by atoms with van der Waals surface area (Å²) < 4.78 is 32.6. The molecule has 1 aromatic carbocycles. The Hall–Kier alpha value is -1.77. The van der Waals surface area contributed by atoms with Crippen molar-refractivity contribution in [2.45, 2.75) is 32.2 Å². The van der Waals surface area contributed by atoms with Crippen molar-refractivity contribution >= 4 is 21.8 Å². The summed E-state index contributed by atoms with van der Waals surface area (Å²) in [5.41, 5.74) is 0.176. The number of benzene rings is 1. The Morgan fingerprint density at radius 2 is 1.92 bits per heavy atom. The van der Waals surface area contributed by atoms with Crippen molar-refractivity contribution in [3.8, 4) is 0 Å². The van der Waals surface area contributed by atoms with Crippen LogP contribution in [0.1, 0.15) is 32.3 Å². The van der Waals surface area contributed by atoms with E-state index >= 15 is 0 Å². The van der Waals surface area contributed by atoms with E-state index in [1.54, 1.807) is 0 Å². The van der Waals surface area contributed by atoms with Crippen LogP contribution in [0.2, 0.25) is 0 Å². The van der Waals surface area contributed by atoms with Crippen LogP contribution in [0.25, 0.3) is 0 Å². The number of hydrogen-bond donors (Lipinski definition) is 2. The Kier molecular flexibility index (Phi) is 6.31. The lowest BCUT2D eigenvalue weighted by atomic mass is 9.96. The third kappa shape index (κ3) is 5.91. The van der Waals surface area contributed by atoms with Crippen LogP contribution < -0.4 is 10.0 Å².